The zero-order chi connectivity index (χ0) is 29.8. The molecule has 12 nitrogen and oxygen atoms in total. The highest BCUT2D eigenvalue weighted by Gasteiger charge is 2.31. The minimum atomic E-state index is -1.31. The van der Waals surface area contributed by atoms with E-state index in [-0.39, 0.29) is 31.4 Å². The Balaban J connectivity index is 2.25. The molecule has 2 aromatic carbocycles. The number of amides is 4. The van der Waals surface area contributed by atoms with E-state index in [1.165, 1.54) is 12.1 Å². The normalized spacial score (nSPS) is 13.9. The Morgan fingerprint density at radius 1 is 0.775 bits per heavy atom. The molecule has 0 aliphatic carbocycles. The van der Waals surface area contributed by atoms with Gasteiger partial charge in [-0.1, -0.05) is 56.3 Å². The molecule has 12 heteroatoms. The Morgan fingerprint density at radius 3 is 1.88 bits per heavy atom. The Kier molecular flexibility index (Phi) is 12.1. The summed E-state index contributed by atoms with van der Waals surface area (Å²) in [5.74, 6) is -4.59. The lowest BCUT2D eigenvalue weighted by atomic mass is 10.0. The van der Waals surface area contributed by atoms with E-state index in [9.17, 15) is 34.2 Å². The van der Waals surface area contributed by atoms with E-state index in [0.29, 0.717) is 5.56 Å². The third-order valence-electron chi connectivity index (χ3n) is 6.19. The van der Waals surface area contributed by atoms with E-state index in [4.69, 9.17) is 11.5 Å². The summed E-state index contributed by atoms with van der Waals surface area (Å²) in [6, 6.07) is 10.4. The van der Waals surface area contributed by atoms with Gasteiger partial charge in [-0.05, 0) is 42.0 Å². The molecule has 4 atom stereocenters. The Labute approximate surface area is 232 Å². The average molecular weight is 556 g/mol. The molecule has 0 radical (unpaired) electrons. The van der Waals surface area contributed by atoms with Gasteiger partial charge in [0.1, 0.15) is 23.9 Å². The van der Waals surface area contributed by atoms with Crippen LogP contribution in [0.3, 0.4) is 0 Å². The first-order valence-electron chi connectivity index (χ1n) is 12.9. The number of phenols is 1. The fourth-order valence-electron chi connectivity index (χ4n) is 3.91. The lowest BCUT2D eigenvalue weighted by Gasteiger charge is -2.26. The van der Waals surface area contributed by atoms with Crippen molar-refractivity contribution in [2.75, 3.05) is 0 Å². The van der Waals surface area contributed by atoms with E-state index in [1.54, 1.807) is 26.0 Å². The van der Waals surface area contributed by atoms with Crippen LogP contribution in [0.25, 0.3) is 0 Å². The second-order valence-electron chi connectivity index (χ2n) is 9.86. The van der Waals surface area contributed by atoms with E-state index in [0.717, 1.165) is 5.56 Å². The summed E-state index contributed by atoms with van der Waals surface area (Å²) in [6.45, 7) is 3.22. The zero-order valence-corrected chi connectivity index (χ0v) is 22.5. The minimum Gasteiger partial charge on any atom is -0.508 e. The number of benzene rings is 2. The fourth-order valence-corrected chi connectivity index (χ4v) is 3.91. The lowest BCUT2D eigenvalue weighted by molar-refractivity contribution is -0.143. The van der Waals surface area contributed by atoms with Crippen molar-refractivity contribution in [1.82, 2.24) is 16.0 Å². The summed E-state index contributed by atoms with van der Waals surface area (Å²) >= 11 is 0. The van der Waals surface area contributed by atoms with Crippen LogP contribution in [0.15, 0.2) is 54.6 Å². The van der Waals surface area contributed by atoms with Crippen molar-refractivity contribution in [2.45, 2.75) is 63.7 Å². The smallest absolute Gasteiger partial charge is 0.326 e. The van der Waals surface area contributed by atoms with Gasteiger partial charge in [-0.15, -0.1) is 0 Å². The SMILES string of the molecule is CC(C)C(NC(=O)C(CCC(N)=O)NC(=O)C(Cc1ccc(O)cc1)NC(=O)C(N)Cc1ccccc1)C(=O)O. The number of carboxylic acid groups (broad SMARTS) is 1. The molecule has 4 unspecified atom stereocenters. The molecular formula is C28H37N5O7. The van der Waals surface area contributed by atoms with Crippen LogP contribution in [0.5, 0.6) is 5.75 Å². The van der Waals surface area contributed by atoms with Crippen molar-refractivity contribution in [3.05, 3.63) is 65.7 Å². The van der Waals surface area contributed by atoms with Crippen molar-refractivity contribution < 1.29 is 34.2 Å². The molecular weight excluding hydrogens is 518 g/mol. The van der Waals surface area contributed by atoms with E-state index in [1.807, 2.05) is 30.3 Å². The van der Waals surface area contributed by atoms with Crippen molar-refractivity contribution in [1.29, 1.82) is 0 Å². The van der Waals surface area contributed by atoms with Crippen LogP contribution < -0.4 is 27.4 Å². The number of aliphatic carboxylic acids is 1. The van der Waals surface area contributed by atoms with Gasteiger partial charge in [0.25, 0.3) is 0 Å². The third-order valence-corrected chi connectivity index (χ3v) is 6.19. The second-order valence-corrected chi connectivity index (χ2v) is 9.86. The van der Waals surface area contributed by atoms with Crippen LogP contribution in [-0.4, -0.2) is 64.0 Å². The molecule has 216 valence electrons. The number of nitrogens with one attached hydrogen (secondary N) is 3. The van der Waals surface area contributed by atoms with Gasteiger partial charge in [-0.3, -0.25) is 19.2 Å². The standard InChI is InChI=1S/C28H37N5O7/c1-16(2)24(28(39)40)33-26(37)21(12-13-23(30)35)31-27(38)22(15-18-8-10-19(34)11-9-18)32-25(36)20(29)14-17-6-4-3-5-7-17/h3-11,16,20-22,24,34H,12-15,29H2,1-2H3,(H2,30,35)(H,31,38)(H,32,36)(H,33,37)(H,39,40). The maximum absolute atomic E-state index is 13.4. The zero-order valence-electron chi connectivity index (χ0n) is 22.5. The highest BCUT2D eigenvalue weighted by atomic mass is 16.4. The number of rotatable bonds is 15. The summed E-state index contributed by atoms with van der Waals surface area (Å²) in [7, 11) is 0. The Hall–Kier alpha value is -4.45. The molecule has 0 saturated heterocycles. The predicted octanol–water partition coefficient (Wildman–Crippen LogP) is -0.0348. The van der Waals surface area contributed by atoms with Crippen LogP contribution in [0.4, 0.5) is 0 Å². The second kappa shape index (κ2) is 15.2. The highest BCUT2D eigenvalue weighted by molar-refractivity contribution is 5.94. The molecule has 0 heterocycles. The quantitative estimate of drug-likeness (QED) is 0.158. The van der Waals surface area contributed by atoms with E-state index < -0.39 is 59.7 Å². The van der Waals surface area contributed by atoms with E-state index in [2.05, 4.69) is 16.0 Å². The number of hydrogen-bond donors (Lipinski definition) is 7. The minimum absolute atomic E-state index is 0.0101. The van der Waals surface area contributed by atoms with Gasteiger partial charge in [0.2, 0.25) is 23.6 Å². The van der Waals surface area contributed by atoms with Crippen molar-refractivity contribution >= 4 is 29.6 Å². The van der Waals surface area contributed by atoms with Crippen molar-refractivity contribution in [3.63, 3.8) is 0 Å². The van der Waals surface area contributed by atoms with Gasteiger partial charge < -0.3 is 37.6 Å². The molecule has 0 saturated carbocycles. The summed E-state index contributed by atoms with van der Waals surface area (Å²) < 4.78 is 0. The first-order chi connectivity index (χ1) is 18.9. The monoisotopic (exact) mass is 555 g/mol. The van der Waals surface area contributed by atoms with Gasteiger partial charge in [-0.25, -0.2) is 4.79 Å². The number of nitrogens with two attached hydrogens (primary N) is 2. The topological polar surface area (TPSA) is 214 Å². The molecule has 0 aromatic heterocycles. The number of phenolic OH excluding ortho intramolecular Hbond substituents is 1. The summed E-state index contributed by atoms with van der Waals surface area (Å²) in [5, 5.41) is 26.6. The number of carbonyl (C=O) groups is 5. The maximum atomic E-state index is 13.4. The number of aromatic hydroxyl groups is 1. The highest BCUT2D eigenvalue weighted by Crippen LogP contribution is 2.13. The molecule has 0 bridgehead atoms. The van der Waals surface area contributed by atoms with Crippen molar-refractivity contribution in [3.8, 4) is 5.75 Å². The molecule has 9 N–H and O–H groups in total. The number of carboxylic acids is 1. The Morgan fingerprint density at radius 2 is 1.32 bits per heavy atom. The molecule has 2 rings (SSSR count). The summed E-state index contributed by atoms with van der Waals surface area (Å²) in [4.78, 5) is 62.4. The molecule has 0 aliphatic heterocycles. The van der Waals surface area contributed by atoms with Crippen LogP contribution in [0.2, 0.25) is 0 Å². The van der Waals surface area contributed by atoms with Gasteiger partial charge >= 0.3 is 5.97 Å². The average Bonchev–Trinajstić information content (AvgIpc) is 2.90. The van der Waals surface area contributed by atoms with Crippen LogP contribution in [-0.2, 0) is 36.8 Å². The number of carbonyl (C=O) groups excluding carboxylic acids is 4. The maximum Gasteiger partial charge on any atom is 0.326 e. The Bertz CT molecular complexity index is 1170. The number of hydrogen-bond acceptors (Lipinski definition) is 7. The van der Waals surface area contributed by atoms with Gasteiger partial charge in [0.15, 0.2) is 0 Å². The van der Waals surface area contributed by atoms with Gasteiger partial charge in [0.05, 0.1) is 6.04 Å². The molecule has 0 fully saturated rings. The van der Waals surface area contributed by atoms with Crippen LogP contribution in [0, 0.1) is 5.92 Å². The molecule has 0 aliphatic rings. The van der Waals surface area contributed by atoms with Gasteiger partial charge in [-0.2, -0.15) is 0 Å². The first-order valence-corrected chi connectivity index (χ1v) is 12.9. The fraction of sp³-hybridized carbons (Fsp3) is 0.393. The predicted molar refractivity (Wildman–Crippen MR) is 147 cm³/mol. The van der Waals surface area contributed by atoms with Gasteiger partial charge in [0, 0.05) is 12.8 Å². The lowest BCUT2D eigenvalue weighted by Crippen LogP contribution is -2.58. The first kappa shape index (κ1) is 31.8. The molecule has 4 amide bonds. The molecule has 2 aromatic rings. The number of primary amides is 1. The third kappa shape index (κ3) is 10.4. The van der Waals surface area contributed by atoms with Crippen molar-refractivity contribution in [2.24, 2.45) is 17.4 Å². The largest absolute Gasteiger partial charge is 0.508 e. The van der Waals surface area contributed by atoms with Crippen LogP contribution >= 0.6 is 0 Å². The summed E-state index contributed by atoms with van der Waals surface area (Å²) in [6.07, 6.45) is -0.237. The molecule has 0 spiro atoms. The summed E-state index contributed by atoms with van der Waals surface area (Å²) in [5.41, 5.74) is 12.8. The molecule has 40 heavy (non-hydrogen) atoms. The van der Waals surface area contributed by atoms with E-state index >= 15 is 0 Å². The van der Waals surface area contributed by atoms with Crippen LogP contribution in [0.1, 0.15) is 37.8 Å².